The van der Waals surface area contributed by atoms with Crippen LogP contribution >= 0.6 is 19.0 Å². The van der Waals surface area contributed by atoms with Crippen LogP contribution in [-0.4, -0.2) is 90.1 Å². The van der Waals surface area contributed by atoms with Gasteiger partial charge in [-0.25, -0.2) is 24.3 Å². The Balaban J connectivity index is 1.26. The normalized spacial score (nSPS) is 30.6. The summed E-state index contributed by atoms with van der Waals surface area (Å²) in [4.78, 5) is 38.0. The first-order valence-electron chi connectivity index (χ1n) is 11.6. The number of thiol groups is 1. The second-order valence-electron chi connectivity index (χ2n) is 8.81. The van der Waals surface area contributed by atoms with Crippen molar-refractivity contribution in [3.63, 3.8) is 0 Å². The highest BCUT2D eigenvalue weighted by Gasteiger charge is 2.50. The summed E-state index contributed by atoms with van der Waals surface area (Å²) < 4.78 is 43.9. The fourth-order valence-corrected chi connectivity index (χ4v) is 6.04. The molecule has 2 saturated heterocycles. The molecule has 3 aromatic rings. The molecule has 0 spiro atoms. The third kappa shape index (κ3) is 5.52. The summed E-state index contributed by atoms with van der Waals surface area (Å²) in [6.07, 6.45) is -2.89. The number of rotatable bonds is 9. The number of nitrogen functional groups attached to an aromatic ring is 1. The number of aliphatic hydroxyl groups is 2. The number of anilines is 1. The summed E-state index contributed by atoms with van der Waals surface area (Å²) >= 11 is 4.03. The van der Waals surface area contributed by atoms with E-state index in [1.807, 2.05) is 0 Å². The molecule has 5 heterocycles. The number of hydrogen-bond acceptors (Lipinski definition) is 14. The minimum Gasteiger partial charge on any atom is -0.394 e. The van der Waals surface area contributed by atoms with Crippen molar-refractivity contribution in [3.8, 4) is 0 Å². The van der Waals surface area contributed by atoms with Gasteiger partial charge < -0.3 is 30.2 Å². The van der Waals surface area contributed by atoms with Gasteiger partial charge in [-0.15, -0.1) is 0 Å². The van der Waals surface area contributed by atoms with Crippen molar-refractivity contribution in [1.82, 2.24) is 29.1 Å². The Morgan fingerprint density at radius 1 is 1.23 bits per heavy atom. The monoisotopic (exact) mass is 587 g/mol. The fourth-order valence-electron chi connectivity index (χ4n) is 4.55. The van der Waals surface area contributed by atoms with Crippen LogP contribution in [0.2, 0.25) is 0 Å². The number of aromatic nitrogens is 6. The number of aliphatic hydroxyl groups excluding tert-OH is 2. The Kier molecular flexibility index (Phi) is 7.91. The van der Waals surface area contributed by atoms with E-state index in [0.717, 1.165) is 10.6 Å². The maximum atomic E-state index is 13.2. The van der Waals surface area contributed by atoms with E-state index >= 15 is 0 Å². The number of nitrogens with zero attached hydrogens (tertiary/aromatic N) is 5. The molecule has 8 atom stereocenters. The predicted octanol–water partition coefficient (Wildman–Crippen LogP) is -1.05. The first-order chi connectivity index (χ1) is 18.6. The quantitative estimate of drug-likeness (QED) is 0.149. The molecule has 212 valence electrons. The van der Waals surface area contributed by atoms with Crippen LogP contribution < -0.4 is 17.0 Å². The van der Waals surface area contributed by atoms with Gasteiger partial charge in [0.2, 0.25) is 0 Å². The van der Waals surface area contributed by atoms with Gasteiger partial charge in [-0.3, -0.25) is 28.0 Å². The van der Waals surface area contributed by atoms with Crippen LogP contribution in [0.4, 0.5) is 5.82 Å². The molecule has 17 nitrogen and oxygen atoms in total. The number of imidazole rings is 1. The highest BCUT2D eigenvalue weighted by atomic mass is 32.7. The summed E-state index contributed by atoms with van der Waals surface area (Å²) in [7, 11) is 1.30. The van der Waals surface area contributed by atoms with E-state index in [4.69, 9.17) is 29.0 Å². The molecule has 19 heteroatoms. The Morgan fingerprint density at radius 2 is 2.03 bits per heavy atom. The van der Waals surface area contributed by atoms with Crippen molar-refractivity contribution in [2.24, 2.45) is 0 Å². The van der Waals surface area contributed by atoms with Gasteiger partial charge in [0.25, 0.3) is 5.56 Å². The van der Waals surface area contributed by atoms with E-state index in [9.17, 15) is 24.4 Å². The summed E-state index contributed by atoms with van der Waals surface area (Å²) in [6.45, 7) is -5.09. The van der Waals surface area contributed by atoms with Crippen LogP contribution in [0.15, 0.2) is 34.5 Å². The van der Waals surface area contributed by atoms with E-state index in [1.54, 1.807) is 4.57 Å². The van der Waals surface area contributed by atoms with Crippen LogP contribution in [0.5, 0.6) is 0 Å². The lowest BCUT2D eigenvalue weighted by Gasteiger charge is -2.26. The van der Waals surface area contributed by atoms with Crippen molar-refractivity contribution in [1.29, 1.82) is 0 Å². The SMILES string of the molecule is COC1C(OP(=O)(S)OCC2O[C@@H](n3cnc4c(N)ncnc43)C[C@H]2O)C(CO)OC1n1ccc(=O)[nH]c1=O. The number of aromatic amines is 1. The Labute approximate surface area is 224 Å². The van der Waals surface area contributed by atoms with Gasteiger partial charge in [-0.2, -0.15) is 0 Å². The number of methoxy groups -OCH3 is 1. The fraction of sp³-hybridized carbons (Fsp3) is 0.550. The molecule has 2 aliphatic rings. The van der Waals surface area contributed by atoms with Crippen molar-refractivity contribution in [2.45, 2.75) is 49.4 Å². The average molecular weight is 588 g/mol. The molecule has 5 rings (SSSR count). The summed E-state index contributed by atoms with van der Waals surface area (Å²) in [5.74, 6) is 0.199. The number of ether oxygens (including phenoxy) is 3. The van der Waals surface area contributed by atoms with Gasteiger partial charge in [-0.05, 0) is 0 Å². The highest BCUT2D eigenvalue weighted by molar-refractivity contribution is 8.44. The lowest BCUT2D eigenvalue weighted by atomic mass is 10.1. The van der Waals surface area contributed by atoms with Crippen molar-refractivity contribution >= 4 is 36.0 Å². The van der Waals surface area contributed by atoms with Crippen molar-refractivity contribution < 1.29 is 38.0 Å². The molecule has 2 aliphatic heterocycles. The van der Waals surface area contributed by atoms with Crippen molar-refractivity contribution in [2.75, 3.05) is 26.1 Å². The van der Waals surface area contributed by atoms with Crippen LogP contribution in [0.1, 0.15) is 18.9 Å². The van der Waals surface area contributed by atoms with Crippen LogP contribution in [0.25, 0.3) is 11.2 Å². The molecular formula is C20H26N7O10PS. The lowest BCUT2D eigenvalue weighted by molar-refractivity contribution is -0.0625. The molecule has 5 N–H and O–H groups in total. The highest BCUT2D eigenvalue weighted by Crippen LogP contribution is 2.56. The predicted molar refractivity (Wildman–Crippen MR) is 135 cm³/mol. The molecule has 3 aromatic heterocycles. The molecule has 0 radical (unpaired) electrons. The second kappa shape index (κ2) is 11.1. The number of fused-ring (bicyclic) bond motifs is 1. The largest absolute Gasteiger partial charge is 0.394 e. The molecule has 39 heavy (non-hydrogen) atoms. The minimum absolute atomic E-state index is 0.158. The molecule has 0 aliphatic carbocycles. The second-order valence-corrected chi connectivity index (χ2v) is 11.7. The zero-order chi connectivity index (χ0) is 27.9. The molecule has 0 amide bonds. The number of hydrogen-bond donors (Lipinski definition) is 5. The zero-order valence-electron chi connectivity index (χ0n) is 20.3. The van der Waals surface area contributed by atoms with Gasteiger partial charge in [0, 0.05) is 25.8 Å². The van der Waals surface area contributed by atoms with E-state index in [1.165, 1.54) is 26.0 Å². The molecule has 6 unspecified atom stereocenters. The van der Waals surface area contributed by atoms with E-state index in [-0.39, 0.29) is 18.8 Å². The van der Waals surface area contributed by atoms with Gasteiger partial charge in [0.05, 0.1) is 25.6 Å². The van der Waals surface area contributed by atoms with Crippen LogP contribution in [0, 0.1) is 0 Å². The standard InChI is InChI=1S/C20H26N7O10PS/c1-33-16-15(10(5-28)36-19(16)26-3-2-12(30)25-20(26)31)37-38(32,39)34-6-11-9(29)4-13(35-11)27-8-24-14-17(21)22-7-23-18(14)27/h2-3,7-11,13,15-16,19,28-29H,4-6H2,1H3,(H,32,39)(H2,21,22,23)(H,25,30,31)/t9-,10?,11?,13-,15?,16?,19?,38?/m1/s1. The minimum atomic E-state index is -4.15. The molecule has 0 bridgehead atoms. The number of nitrogens with one attached hydrogen (secondary N) is 1. The smallest absolute Gasteiger partial charge is 0.386 e. The maximum absolute atomic E-state index is 13.2. The first kappa shape index (κ1) is 27.9. The topological polar surface area (TPSA) is 228 Å². The Bertz CT molecular complexity index is 1500. The molecule has 0 saturated carbocycles. The Morgan fingerprint density at radius 3 is 2.74 bits per heavy atom. The summed E-state index contributed by atoms with van der Waals surface area (Å²) in [5.41, 5.74) is 5.24. The van der Waals surface area contributed by atoms with Crippen molar-refractivity contribution in [3.05, 3.63) is 45.8 Å². The number of H-pyrrole nitrogens is 1. The third-order valence-electron chi connectivity index (χ3n) is 6.42. The molecule has 0 aromatic carbocycles. The first-order valence-corrected chi connectivity index (χ1v) is 14.3. The number of nitrogens with two attached hydrogens (primary N) is 1. The van der Waals surface area contributed by atoms with E-state index < -0.39 is 67.6 Å². The third-order valence-corrected chi connectivity index (χ3v) is 8.04. The Hall–Kier alpha value is -2.67. The maximum Gasteiger partial charge on any atom is 0.386 e. The van der Waals surface area contributed by atoms with Gasteiger partial charge in [-0.1, -0.05) is 12.2 Å². The van der Waals surface area contributed by atoms with Crippen LogP contribution in [-0.2, 0) is 27.8 Å². The molecule has 2 fully saturated rings. The van der Waals surface area contributed by atoms with Gasteiger partial charge in [0.1, 0.15) is 42.5 Å². The summed E-state index contributed by atoms with van der Waals surface area (Å²) in [5, 5.41) is 20.4. The van der Waals surface area contributed by atoms with E-state index in [0.29, 0.717) is 11.2 Å². The van der Waals surface area contributed by atoms with Gasteiger partial charge >= 0.3 is 12.5 Å². The zero-order valence-corrected chi connectivity index (χ0v) is 22.1. The van der Waals surface area contributed by atoms with Crippen LogP contribution in [0.3, 0.4) is 0 Å². The lowest BCUT2D eigenvalue weighted by Crippen LogP contribution is -2.39. The average Bonchev–Trinajstić information content (AvgIpc) is 3.58. The summed E-state index contributed by atoms with van der Waals surface area (Å²) in [6, 6.07) is 1.11. The van der Waals surface area contributed by atoms with E-state index in [2.05, 4.69) is 32.2 Å². The molecular weight excluding hydrogens is 561 g/mol. The van der Waals surface area contributed by atoms with Gasteiger partial charge in [0.15, 0.2) is 17.7 Å².